The first kappa shape index (κ1) is 22.0. The lowest BCUT2D eigenvalue weighted by Crippen LogP contribution is -2.37. The smallest absolute Gasteiger partial charge is 0.223 e. The van der Waals surface area contributed by atoms with Crippen LogP contribution >= 0.6 is 0 Å². The SMILES string of the molecule is Cc1ccc(CN2CCC3(CC2)CC3C(=O)NCCC(c2ccccc2)c2ccccc2)o1. The Morgan fingerprint density at radius 2 is 1.64 bits per heavy atom. The van der Waals surface area contributed by atoms with Gasteiger partial charge >= 0.3 is 0 Å². The van der Waals surface area contributed by atoms with Gasteiger partial charge in [-0.05, 0) is 74.4 Å². The number of amides is 1. The number of carbonyl (C=O) groups excluding carboxylic acids is 1. The van der Waals surface area contributed by atoms with Gasteiger partial charge in [0.25, 0.3) is 0 Å². The second-order valence-electron chi connectivity index (χ2n) is 9.86. The zero-order valence-electron chi connectivity index (χ0n) is 19.5. The van der Waals surface area contributed by atoms with Gasteiger partial charge in [-0.15, -0.1) is 0 Å². The van der Waals surface area contributed by atoms with Crippen LogP contribution in [0.2, 0.25) is 0 Å². The maximum Gasteiger partial charge on any atom is 0.223 e. The molecule has 4 heteroatoms. The van der Waals surface area contributed by atoms with E-state index in [1.54, 1.807) is 0 Å². The summed E-state index contributed by atoms with van der Waals surface area (Å²) in [5, 5.41) is 3.27. The number of piperidine rings is 1. The van der Waals surface area contributed by atoms with Gasteiger partial charge in [-0.1, -0.05) is 60.7 Å². The largest absolute Gasteiger partial charge is 0.465 e. The summed E-state index contributed by atoms with van der Waals surface area (Å²) in [6, 6.07) is 25.3. The molecular weight excluding hydrogens is 408 g/mol. The molecule has 172 valence electrons. The molecule has 5 rings (SSSR count). The lowest BCUT2D eigenvalue weighted by molar-refractivity contribution is -0.123. The molecule has 1 aliphatic heterocycles. The molecule has 4 nitrogen and oxygen atoms in total. The molecule has 2 aliphatic rings. The van der Waals surface area contributed by atoms with Gasteiger partial charge in [0, 0.05) is 18.4 Å². The zero-order chi connectivity index (χ0) is 22.7. The summed E-state index contributed by atoms with van der Waals surface area (Å²) in [5.74, 6) is 2.76. The van der Waals surface area contributed by atoms with Crippen molar-refractivity contribution in [3.63, 3.8) is 0 Å². The summed E-state index contributed by atoms with van der Waals surface area (Å²) in [7, 11) is 0. The fourth-order valence-electron chi connectivity index (χ4n) is 5.58. The molecule has 2 aromatic carbocycles. The van der Waals surface area contributed by atoms with Crippen molar-refractivity contribution in [3.05, 3.63) is 95.4 Å². The molecule has 1 aromatic heterocycles. The van der Waals surface area contributed by atoms with Crippen LogP contribution in [0, 0.1) is 18.3 Å². The lowest BCUT2D eigenvalue weighted by atomic mass is 9.88. The number of carbonyl (C=O) groups is 1. The van der Waals surface area contributed by atoms with E-state index in [1.165, 1.54) is 11.1 Å². The number of aryl methyl sites for hydroxylation is 1. The molecule has 1 amide bonds. The number of benzene rings is 2. The number of likely N-dealkylation sites (tertiary alicyclic amines) is 1. The summed E-state index contributed by atoms with van der Waals surface area (Å²) in [4.78, 5) is 15.4. The minimum absolute atomic E-state index is 0.192. The maximum atomic E-state index is 13.0. The molecule has 1 saturated heterocycles. The van der Waals surface area contributed by atoms with Crippen LogP contribution in [-0.2, 0) is 11.3 Å². The van der Waals surface area contributed by atoms with Crippen LogP contribution in [0.4, 0.5) is 0 Å². The fourth-order valence-corrected chi connectivity index (χ4v) is 5.58. The molecule has 2 fully saturated rings. The van der Waals surface area contributed by atoms with E-state index in [1.807, 2.05) is 13.0 Å². The second-order valence-corrected chi connectivity index (χ2v) is 9.86. The summed E-state index contributed by atoms with van der Waals surface area (Å²) in [6.45, 7) is 5.68. The summed E-state index contributed by atoms with van der Waals surface area (Å²) < 4.78 is 5.73. The average Bonchev–Trinajstić information content (AvgIpc) is 3.40. The van der Waals surface area contributed by atoms with Crippen molar-refractivity contribution < 1.29 is 9.21 Å². The number of hydrogen-bond donors (Lipinski definition) is 1. The molecular formula is C29H34N2O2. The Labute approximate surface area is 197 Å². The van der Waals surface area contributed by atoms with Crippen molar-refractivity contribution in [2.45, 2.75) is 45.1 Å². The third-order valence-corrected chi connectivity index (χ3v) is 7.67. The van der Waals surface area contributed by atoms with Crippen LogP contribution in [0.3, 0.4) is 0 Å². The van der Waals surface area contributed by atoms with Crippen LogP contribution in [0.5, 0.6) is 0 Å². The third-order valence-electron chi connectivity index (χ3n) is 7.67. The monoisotopic (exact) mass is 442 g/mol. The van der Waals surface area contributed by atoms with E-state index in [2.05, 4.69) is 76.9 Å². The Bertz CT molecular complexity index is 1010. The van der Waals surface area contributed by atoms with E-state index >= 15 is 0 Å². The van der Waals surface area contributed by atoms with Gasteiger partial charge < -0.3 is 9.73 Å². The fraction of sp³-hybridized carbons (Fsp3) is 0.414. The van der Waals surface area contributed by atoms with Gasteiger partial charge in [0.1, 0.15) is 11.5 Å². The highest BCUT2D eigenvalue weighted by molar-refractivity contribution is 5.82. The molecule has 33 heavy (non-hydrogen) atoms. The van der Waals surface area contributed by atoms with Crippen molar-refractivity contribution in [1.82, 2.24) is 10.2 Å². The normalized spacial score (nSPS) is 19.6. The van der Waals surface area contributed by atoms with Gasteiger partial charge in [0.05, 0.1) is 6.54 Å². The van der Waals surface area contributed by atoms with E-state index in [0.29, 0.717) is 12.5 Å². The second kappa shape index (κ2) is 9.56. The lowest BCUT2D eigenvalue weighted by Gasteiger charge is -2.32. The molecule has 1 saturated carbocycles. The van der Waals surface area contributed by atoms with Gasteiger partial charge in [0.15, 0.2) is 0 Å². The van der Waals surface area contributed by atoms with Crippen molar-refractivity contribution in [1.29, 1.82) is 0 Å². The van der Waals surface area contributed by atoms with E-state index in [4.69, 9.17) is 4.42 Å². The van der Waals surface area contributed by atoms with E-state index < -0.39 is 0 Å². The highest BCUT2D eigenvalue weighted by Crippen LogP contribution is 2.59. The predicted octanol–water partition coefficient (Wildman–Crippen LogP) is 5.53. The zero-order valence-corrected chi connectivity index (χ0v) is 19.5. The first-order valence-corrected chi connectivity index (χ1v) is 12.3. The molecule has 3 aromatic rings. The Kier molecular flexibility index (Phi) is 6.37. The predicted molar refractivity (Wildman–Crippen MR) is 131 cm³/mol. The first-order valence-electron chi connectivity index (χ1n) is 12.3. The highest BCUT2D eigenvalue weighted by Gasteiger charge is 2.58. The number of furan rings is 1. The Balaban J connectivity index is 1.11. The van der Waals surface area contributed by atoms with Crippen molar-refractivity contribution >= 4 is 5.91 Å². The van der Waals surface area contributed by atoms with Crippen LogP contribution in [-0.4, -0.2) is 30.4 Å². The topological polar surface area (TPSA) is 45.5 Å². The molecule has 0 radical (unpaired) electrons. The van der Waals surface area contributed by atoms with Crippen molar-refractivity contribution in [2.75, 3.05) is 19.6 Å². The van der Waals surface area contributed by atoms with Crippen molar-refractivity contribution in [3.8, 4) is 0 Å². The van der Waals surface area contributed by atoms with Crippen molar-refractivity contribution in [2.24, 2.45) is 11.3 Å². The van der Waals surface area contributed by atoms with E-state index in [-0.39, 0.29) is 17.2 Å². The van der Waals surface area contributed by atoms with Crippen LogP contribution < -0.4 is 5.32 Å². The summed E-state index contributed by atoms with van der Waals surface area (Å²) in [6.07, 6.45) is 4.19. The Hall–Kier alpha value is -2.85. The quantitative estimate of drug-likeness (QED) is 0.499. The third kappa shape index (κ3) is 5.06. The van der Waals surface area contributed by atoms with E-state index in [9.17, 15) is 4.79 Å². The van der Waals surface area contributed by atoms with Gasteiger partial charge in [-0.25, -0.2) is 0 Å². The molecule has 1 N–H and O–H groups in total. The minimum Gasteiger partial charge on any atom is -0.465 e. The molecule has 1 spiro atoms. The summed E-state index contributed by atoms with van der Waals surface area (Å²) in [5.41, 5.74) is 2.85. The Morgan fingerprint density at radius 3 is 2.21 bits per heavy atom. The van der Waals surface area contributed by atoms with Gasteiger partial charge in [-0.3, -0.25) is 9.69 Å². The van der Waals surface area contributed by atoms with Gasteiger partial charge in [0.2, 0.25) is 5.91 Å². The summed E-state index contributed by atoms with van der Waals surface area (Å²) >= 11 is 0. The highest BCUT2D eigenvalue weighted by atomic mass is 16.3. The van der Waals surface area contributed by atoms with Crippen LogP contribution in [0.1, 0.15) is 54.2 Å². The molecule has 1 aliphatic carbocycles. The minimum atomic E-state index is 0.192. The standard InChI is InChI=1S/C29H34N2O2/c1-22-12-13-25(33-22)21-31-18-15-29(16-19-31)20-27(29)28(32)30-17-14-26(23-8-4-2-5-9-23)24-10-6-3-7-11-24/h2-13,26-27H,14-21H2,1H3,(H,30,32). The first-order chi connectivity index (χ1) is 16.1. The van der Waals surface area contributed by atoms with Crippen LogP contribution in [0.25, 0.3) is 0 Å². The number of hydrogen-bond acceptors (Lipinski definition) is 3. The molecule has 2 heterocycles. The number of nitrogens with zero attached hydrogens (tertiary/aromatic N) is 1. The number of nitrogens with one attached hydrogen (secondary N) is 1. The molecule has 1 unspecified atom stereocenters. The maximum absolute atomic E-state index is 13.0. The Morgan fingerprint density at radius 1 is 1.00 bits per heavy atom. The molecule has 0 bridgehead atoms. The average molecular weight is 443 g/mol. The van der Waals surface area contributed by atoms with E-state index in [0.717, 1.165) is 56.8 Å². The van der Waals surface area contributed by atoms with Gasteiger partial charge in [-0.2, -0.15) is 0 Å². The van der Waals surface area contributed by atoms with Crippen LogP contribution in [0.15, 0.2) is 77.2 Å². The number of rotatable bonds is 8. The molecule has 1 atom stereocenters.